The molecule has 27 heavy (non-hydrogen) atoms. The maximum absolute atomic E-state index is 13.3. The Morgan fingerprint density at radius 2 is 1.81 bits per heavy atom. The average molecular weight is 395 g/mol. The lowest BCUT2D eigenvalue weighted by atomic mass is 10.1. The monoisotopic (exact) mass is 395 g/mol. The molecule has 0 aliphatic carbocycles. The standard InChI is InChI=1S/C20H14FN3OS2/c1-23-19(25)17(27-20(23)26)11-14-12-24(16-5-3-2-4-6-16)22-18(14)13-7-9-15(21)10-8-13/h2-12H,1H3. The van der Waals surface area contributed by atoms with E-state index in [1.165, 1.54) is 28.8 Å². The molecule has 1 aliphatic heterocycles. The number of thiocarbonyl (C=S) groups is 1. The van der Waals surface area contributed by atoms with E-state index >= 15 is 0 Å². The van der Waals surface area contributed by atoms with Gasteiger partial charge in [-0.15, -0.1) is 0 Å². The van der Waals surface area contributed by atoms with Crippen LogP contribution in [0.3, 0.4) is 0 Å². The Morgan fingerprint density at radius 1 is 1.11 bits per heavy atom. The summed E-state index contributed by atoms with van der Waals surface area (Å²) >= 11 is 6.46. The maximum atomic E-state index is 13.3. The van der Waals surface area contributed by atoms with Gasteiger partial charge in [0.25, 0.3) is 5.91 Å². The molecular weight excluding hydrogens is 381 g/mol. The number of carbonyl (C=O) groups is 1. The van der Waals surface area contributed by atoms with Crippen LogP contribution in [-0.2, 0) is 4.79 Å². The Balaban J connectivity index is 1.84. The van der Waals surface area contributed by atoms with Gasteiger partial charge in [0.2, 0.25) is 0 Å². The summed E-state index contributed by atoms with van der Waals surface area (Å²) < 4.78 is 15.6. The van der Waals surface area contributed by atoms with Crippen LogP contribution in [0.5, 0.6) is 0 Å². The van der Waals surface area contributed by atoms with E-state index in [0.717, 1.165) is 16.8 Å². The summed E-state index contributed by atoms with van der Waals surface area (Å²) in [6.07, 6.45) is 3.64. The van der Waals surface area contributed by atoms with Crippen molar-refractivity contribution in [3.8, 4) is 16.9 Å². The number of hydrogen-bond donors (Lipinski definition) is 0. The molecule has 4 nitrogen and oxygen atoms in total. The van der Waals surface area contributed by atoms with E-state index in [0.29, 0.717) is 14.9 Å². The van der Waals surface area contributed by atoms with Crippen LogP contribution in [-0.4, -0.2) is 32.0 Å². The van der Waals surface area contributed by atoms with Gasteiger partial charge >= 0.3 is 0 Å². The second-order valence-electron chi connectivity index (χ2n) is 5.96. The number of benzene rings is 2. The molecule has 1 amide bonds. The predicted octanol–water partition coefficient (Wildman–Crippen LogP) is 4.51. The highest BCUT2D eigenvalue weighted by Crippen LogP contribution is 2.34. The van der Waals surface area contributed by atoms with Gasteiger partial charge in [0.15, 0.2) is 0 Å². The van der Waals surface area contributed by atoms with Gasteiger partial charge in [-0.25, -0.2) is 9.07 Å². The zero-order valence-electron chi connectivity index (χ0n) is 14.3. The number of thioether (sulfide) groups is 1. The van der Waals surface area contributed by atoms with Gasteiger partial charge in [0.1, 0.15) is 10.1 Å². The van der Waals surface area contributed by atoms with Crippen LogP contribution in [0.1, 0.15) is 5.56 Å². The minimum atomic E-state index is -0.311. The molecule has 0 spiro atoms. The summed E-state index contributed by atoms with van der Waals surface area (Å²) in [6, 6.07) is 15.8. The first-order valence-electron chi connectivity index (χ1n) is 8.15. The SMILES string of the molecule is CN1C(=O)C(=Cc2cn(-c3ccccc3)nc2-c2ccc(F)cc2)SC1=S. The van der Waals surface area contributed by atoms with Crippen molar-refractivity contribution in [2.75, 3.05) is 7.05 Å². The summed E-state index contributed by atoms with van der Waals surface area (Å²) in [5.74, 6) is -0.447. The highest BCUT2D eigenvalue weighted by Gasteiger charge is 2.29. The summed E-state index contributed by atoms with van der Waals surface area (Å²) in [5.41, 5.74) is 3.09. The normalized spacial score (nSPS) is 15.8. The van der Waals surface area contributed by atoms with Crippen molar-refractivity contribution in [3.63, 3.8) is 0 Å². The molecule has 1 saturated heterocycles. The molecule has 134 valence electrons. The molecule has 0 N–H and O–H groups in total. The fraction of sp³-hybridized carbons (Fsp3) is 0.0500. The minimum absolute atomic E-state index is 0.137. The smallest absolute Gasteiger partial charge is 0.265 e. The number of rotatable bonds is 3. The van der Waals surface area contributed by atoms with E-state index in [1.807, 2.05) is 36.5 Å². The zero-order valence-corrected chi connectivity index (χ0v) is 15.9. The number of nitrogens with zero attached hydrogens (tertiary/aromatic N) is 3. The van der Waals surface area contributed by atoms with Crippen molar-refractivity contribution < 1.29 is 9.18 Å². The largest absolute Gasteiger partial charge is 0.296 e. The minimum Gasteiger partial charge on any atom is -0.296 e. The van der Waals surface area contributed by atoms with Crippen LogP contribution in [0.15, 0.2) is 65.7 Å². The predicted molar refractivity (Wildman–Crippen MR) is 110 cm³/mol. The molecular formula is C20H14FN3OS2. The second-order valence-corrected chi connectivity index (χ2v) is 7.64. The number of aromatic nitrogens is 2. The van der Waals surface area contributed by atoms with Crippen molar-refractivity contribution >= 4 is 40.3 Å². The summed E-state index contributed by atoms with van der Waals surface area (Å²) in [5, 5.41) is 4.67. The lowest BCUT2D eigenvalue weighted by Crippen LogP contribution is -2.22. The van der Waals surface area contributed by atoms with E-state index in [2.05, 4.69) is 5.10 Å². The van der Waals surface area contributed by atoms with Gasteiger partial charge < -0.3 is 0 Å². The first kappa shape index (κ1) is 17.6. The molecule has 0 saturated carbocycles. The lowest BCUT2D eigenvalue weighted by molar-refractivity contribution is -0.121. The van der Waals surface area contributed by atoms with Crippen molar-refractivity contribution in [1.29, 1.82) is 0 Å². The van der Waals surface area contributed by atoms with E-state index in [4.69, 9.17) is 12.2 Å². The summed E-state index contributed by atoms with van der Waals surface area (Å²) in [7, 11) is 1.66. The third-order valence-electron chi connectivity index (χ3n) is 4.15. The Kier molecular flexibility index (Phi) is 4.63. The van der Waals surface area contributed by atoms with Gasteiger partial charge in [-0.05, 0) is 42.5 Å². The number of carbonyl (C=O) groups excluding carboxylic acids is 1. The molecule has 1 aromatic heterocycles. The molecule has 7 heteroatoms. The van der Waals surface area contributed by atoms with Gasteiger partial charge in [-0.1, -0.05) is 42.2 Å². The summed E-state index contributed by atoms with van der Waals surface area (Å²) in [6.45, 7) is 0. The van der Waals surface area contributed by atoms with Crippen molar-refractivity contribution in [2.24, 2.45) is 0 Å². The fourth-order valence-corrected chi connectivity index (χ4v) is 3.90. The Labute approximate surface area is 165 Å². The lowest BCUT2D eigenvalue weighted by Gasteiger charge is -2.03. The Hall–Kier alpha value is -2.77. The van der Waals surface area contributed by atoms with E-state index < -0.39 is 0 Å². The van der Waals surface area contributed by atoms with Crippen LogP contribution in [0, 0.1) is 5.82 Å². The Morgan fingerprint density at radius 3 is 2.44 bits per heavy atom. The van der Waals surface area contributed by atoms with Gasteiger partial charge in [-0.2, -0.15) is 5.10 Å². The molecule has 1 aliphatic rings. The maximum Gasteiger partial charge on any atom is 0.265 e. The number of likely N-dealkylation sites (N-methyl/N-ethyl adjacent to an activating group) is 1. The van der Waals surface area contributed by atoms with Gasteiger partial charge in [0.05, 0.1) is 16.3 Å². The molecule has 0 radical (unpaired) electrons. The summed E-state index contributed by atoms with van der Waals surface area (Å²) in [4.78, 5) is 14.4. The van der Waals surface area contributed by atoms with Crippen molar-refractivity contribution in [1.82, 2.24) is 14.7 Å². The molecule has 4 rings (SSSR count). The molecule has 0 atom stereocenters. The van der Waals surface area contributed by atoms with E-state index in [-0.39, 0.29) is 11.7 Å². The number of halogens is 1. The van der Waals surface area contributed by atoms with Crippen LogP contribution in [0.25, 0.3) is 23.0 Å². The molecule has 1 fully saturated rings. The van der Waals surface area contributed by atoms with Gasteiger partial charge in [-0.3, -0.25) is 9.69 Å². The van der Waals surface area contributed by atoms with Crippen molar-refractivity contribution in [3.05, 3.63) is 77.1 Å². The van der Waals surface area contributed by atoms with Crippen LogP contribution < -0.4 is 0 Å². The molecule has 0 unspecified atom stereocenters. The molecule has 0 bridgehead atoms. The number of amides is 1. The number of para-hydroxylation sites is 1. The molecule has 3 aromatic rings. The average Bonchev–Trinajstić information content (AvgIpc) is 3.20. The second kappa shape index (κ2) is 7.09. The highest BCUT2D eigenvalue weighted by molar-refractivity contribution is 8.26. The molecule has 2 heterocycles. The van der Waals surface area contributed by atoms with Crippen LogP contribution in [0.2, 0.25) is 0 Å². The fourth-order valence-electron chi connectivity index (χ4n) is 2.72. The third-order valence-corrected chi connectivity index (χ3v) is 5.64. The van der Waals surface area contributed by atoms with Gasteiger partial charge in [0, 0.05) is 24.4 Å². The first-order chi connectivity index (χ1) is 13.0. The first-order valence-corrected chi connectivity index (χ1v) is 9.38. The van der Waals surface area contributed by atoms with E-state index in [1.54, 1.807) is 29.9 Å². The van der Waals surface area contributed by atoms with E-state index in [9.17, 15) is 9.18 Å². The Bertz CT molecular complexity index is 1060. The third kappa shape index (κ3) is 3.43. The zero-order chi connectivity index (χ0) is 19.0. The number of hydrogen-bond acceptors (Lipinski definition) is 4. The highest BCUT2D eigenvalue weighted by atomic mass is 32.2. The van der Waals surface area contributed by atoms with Crippen LogP contribution in [0.4, 0.5) is 4.39 Å². The topological polar surface area (TPSA) is 38.1 Å². The quantitative estimate of drug-likeness (QED) is 0.483. The van der Waals surface area contributed by atoms with Crippen molar-refractivity contribution in [2.45, 2.75) is 0 Å². The van der Waals surface area contributed by atoms with Crippen LogP contribution >= 0.6 is 24.0 Å². The molecule has 2 aromatic carbocycles.